The summed E-state index contributed by atoms with van der Waals surface area (Å²) in [7, 11) is 0. The average Bonchev–Trinajstić information content (AvgIpc) is 2.16. The minimum Gasteiger partial charge on any atom is -0.321 e. The molecule has 14 heavy (non-hydrogen) atoms. The van der Waals surface area contributed by atoms with E-state index in [1.54, 1.807) is 12.1 Å². The molecule has 0 amide bonds. The highest BCUT2D eigenvalue weighted by Gasteiger charge is 2.18. The molecule has 1 atom stereocenters. The van der Waals surface area contributed by atoms with Gasteiger partial charge in [0.2, 0.25) is 0 Å². The summed E-state index contributed by atoms with van der Waals surface area (Å²) < 4.78 is 0.965. The van der Waals surface area contributed by atoms with E-state index in [0.29, 0.717) is 5.56 Å². The third-order valence-corrected chi connectivity index (χ3v) is 2.68. The van der Waals surface area contributed by atoms with Gasteiger partial charge in [-0.2, -0.15) is 0 Å². The topological polar surface area (TPSA) is 43.1 Å². The van der Waals surface area contributed by atoms with Gasteiger partial charge in [0, 0.05) is 10.0 Å². The van der Waals surface area contributed by atoms with Crippen LogP contribution in [0.25, 0.3) is 0 Å². The maximum absolute atomic E-state index is 11.8. The molecule has 2 N–H and O–H groups in total. The van der Waals surface area contributed by atoms with Crippen molar-refractivity contribution in [2.45, 2.75) is 19.9 Å². The molecule has 76 valence electrons. The zero-order chi connectivity index (χ0) is 10.7. The van der Waals surface area contributed by atoms with Crippen LogP contribution in [0, 0.1) is 5.92 Å². The van der Waals surface area contributed by atoms with Crippen molar-refractivity contribution in [3.05, 3.63) is 34.3 Å². The predicted octanol–water partition coefficient (Wildman–Crippen LogP) is 2.62. The molecule has 0 heterocycles. The summed E-state index contributed by atoms with van der Waals surface area (Å²) in [6.45, 7) is 3.89. The van der Waals surface area contributed by atoms with E-state index in [4.69, 9.17) is 5.73 Å². The smallest absolute Gasteiger partial charge is 0.179 e. The van der Waals surface area contributed by atoms with Crippen LogP contribution in [-0.4, -0.2) is 11.8 Å². The largest absolute Gasteiger partial charge is 0.321 e. The quantitative estimate of drug-likeness (QED) is 0.845. The predicted molar refractivity (Wildman–Crippen MR) is 61.3 cm³/mol. The van der Waals surface area contributed by atoms with Crippen LogP contribution in [0.2, 0.25) is 0 Å². The Bertz CT molecular complexity index is 319. The van der Waals surface area contributed by atoms with E-state index < -0.39 is 6.04 Å². The van der Waals surface area contributed by atoms with E-state index in [-0.39, 0.29) is 11.7 Å². The molecule has 0 aliphatic carbocycles. The van der Waals surface area contributed by atoms with Gasteiger partial charge in [0.25, 0.3) is 0 Å². The molecule has 3 heteroatoms. The van der Waals surface area contributed by atoms with Gasteiger partial charge in [-0.05, 0) is 18.1 Å². The van der Waals surface area contributed by atoms with Crippen molar-refractivity contribution in [3.63, 3.8) is 0 Å². The summed E-state index contributed by atoms with van der Waals surface area (Å²) in [4.78, 5) is 11.8. The number of nitrogens with two attached hydrogens (primary N) is 1. The fourth-order valence-corrected chi connectivity index (χ4v) is 1.37. The number of carbonyl (C=O) groups excluding carboxylic acids is 1. The summed E-state index contributed by atoms with van der Waals surface area (Å²) in [6, 6.07) is 6.86. The first-order chi connectivity index (χ1) is 6.52. The Kier molecular flexibility index (Phi) is 3.84. The highest BCUT2D eigenvalue weighted by Crippen LogP contribution is 2.13. The molecule has 0 aliphatic heterocycles. The molecule has 1 unspecified atom stereocenters. The number of ketones is 1. The number of hydrogen-bond donors (Lipinski definition) is 1. The molecule has 0 bridgehead atoms. The molecular formula is C11H14BrNO. The third-order valence-electron chi connectivity index (χ3n) is 2.15. The lowest BCUT2D eigenvalue weighted by Crippen LogP contribution is -2.35. The van der Waals surface area contributed by atoms with E-state index in [1.165, 1.54) is 0 Å². The van der Waals surface area contributed by atoms with Gasteiger partial charge in [-0.25, -0.2) is 0 Å². The van der Waals surface area contributed by atoms with Crippen molar-refractivity contribution >= 4 is 21.7 Å². The minimum absolute atomic E-state index is 0.00694. The molecular weight excluding hydrogens is 242 g/mol. The Morgan fingerprint density at radius 3 is 2.21 bits per heavy atom. The van der Waals surface area contributed by atoms with Crippen LogP contribution < -0.4 is 5.73 Å². The molecule has 0 saturated carbocycles. The normalized spacial score (nSPS) is 12.9. The second-order valence-corrected chi connectivity index (χ2v) is 4.56. The fourth-order valence-electron chi connectivity index (χ4n) is 1.11. The van der Waals surface area contributed by atoms with Crippen LogP contribution in [0.15, 0.2) is 28.7 Å². The van der Waals surface area contributed by atoms with E-state index >= 15 is 0 Å². The first-order valence-electron chi connectivity index (χ1n) is 4.57. The lowest BCUT2D eigenvalue weighted by molar-refractivity contribution is 0.0940. The zero-order valence-corrected chi connectivity index (χ0v) is 9.91. The van der Waals surface area contributed by atoms with Crippen molar-refractivity contribution in [1.82, 2.24) is 0 Å². The van der Waals surface area contributed by atoms with Gasteiger partial charge >= 0.3 is 0 Å². The third kappa shape index (κ3) is 2.66. The monoisotopic (exact) mass is 255 g/mol. The minimum atomic E-state index is -0.406. The summed E-state index contributed by atoms with van der Waals surface area (Å²) in [5.41, 5.74) is 6.44. The Morgan fingerprint density at radius 1 is 1.29 bits per heavy atom. The summed E-state index contributed by atoms with van der Waals surface area (Å²) >= 11 is 3.32. The van der Waals surface area contributed by atoms with Crippen molar-refractivity contribution in [3.8, 4) is 0 Å². The van der Waals surface area contributed by atoms with Gasteiger partial charge in [0.1, 0.15) is 0 Å². The Morgan fingerprint density at radius 2 is 1.79 bits per heavy atom. The Hall–Kier alpha value is -0.670. The first-order valence-corrected chi connectivity index (χ1v) is 5.37. The number of carbonyl (C=O) groups is 1. The second kappa shape index (κ2) is 4.71. The van der Waals surface area contributed by atoms with Crippen LogP contribution >= 0.6 is 15.9 Å². The molecule has 0 radical (unpaired) electrons. The molecule has 0 aliphatic rings. The van der Waals surface area contributed by atoms with E-state index in [2.05, 4.69) is 15.9 Å². The molecule has 1 aromatic rings. The van der Waals surface area contributed by atoms with Crippen LogP contribution in [0.4, 0.5) is 0 Å². The van der Waals surface area contributed by atoms with Crippen LogP contribution in [0.5, 0.6) is 0 Å². The average molecular weight is 256 g/mol. The first kappa shape index (κ1) is 11.4. The van der Waals surface area contributed by atoms with Gasteiger partial charge in [0.15, 0.2) is 5.78 Å². The van der Waals surface area contributed by atoms with Crippen molar-refractivity contribution < 1.29 is 4.79 Å². The SMILES string of the molecule is CC(C)C(N)C(=O)c1ccc(Br)cc1. The van der Waals surface area contributed by atoms with Crippen LogP contribution in [0.1, 0.15) is 24.2 Å². The highest BCUT2D eigenvalue weighted by molar-refractivity contribution is 9.10. The van der Waals surface area contributed by atoms with Gasteiger partial charge in [-0.15, -0.1) is 0 Å². The highest BCUT2D eigenvalue weighted by atomic mass is 79.9. The van der Waals surface area contributed by atoms with Gasteiger partial charge in [-0.1, -0.05) is 41.9 Å². The molecule has 0 saturated heterocycles. The zero-order valence-electron chi connectivity index (χ0n) is 8.33. The van der Waals surface area contributed by atoms with Crippen molar-refractivity contribution in [1.29, 1.82) is 0 Å². The van der Waals surface area contributed by atoms with Crippen molar-refractivity contribution in [2.24, 2.45) is 11.7 Å². The standard InChI is InChI=1S/C11H14BrNO/c1-7(2)10(13)11(14)8-3-5-9(12)6-4-8/h3-7,10H,13H2,1-2H3. The lowest BCUT2D eigenvalue weighted by Gasteiger charge is -2.13. The number of rotatable bonds is 3. The van der Waals surface area contributed by atoms with E-state index in [9.17, 15) is 4.79 Å². The number of hydrogen-bond acceptors (Lipinski definition) is 2. The Labute approximate surface area is 92.6 Å². The van der Waals surface area contributed by atoms with Gasteiger partial charge in [0.05, 0.1) is 6.04 Å². The van der Waals surface area contributed by atoms with Crippen LogP contribution in [0.3, 0.4) is 0 Å². The number of benzene rings is 1. The molecule has 0 spiro atoms. The van der Waals surface area contributed by atoms with Crippen LogP contribution in [-0.2, 0) is 0 Å². The maximum atomic E-state index is 11.8. The molecule has 0 fully saturated rings. The van der Waals surface area contributed by atoms with E-state index in [1.807, 2.05) is 26.0 Å². The summed E-state index contributed by atoms with van der Waals surface area (Å²) in [5, 5.41) is 0. The Balaban J connectivity index is 2.84. The molecule has 0 aromatic heterocycles. The second-order valence-electron chi connectivity index (χ2n) is 3.64. The maximum Gasteiger partial charge on any atom is 0.179 e. The van der Waals surface area contributed by atoms with Crippen molar-refractivity contribution in [2.75, 3.05) is 0 Å². The molecule has 2 nitrogen and oxygen atoms in total. The number of halogens is 1. The fraction of sp³-hybridized carbons (Fsp3) is 0.364. The summed E-state index contributed by atoms with van der Waals surface area (Å²) in [5.74, 6) is 0.179. The van der Waals surface area contributed by atoms with Gasteiger partial charge in [-0.3, -0.25) is 4.79 Å². The summed E-state index contributed by atoms with van der Waals surface area (Å²) in [6.07, 6.45) is 0. The number of Topliss-reactive ketones (excluding diaryl/α,β-unsaturated/α-hetero) is 1. The lowest BCUT2D eigenvalue weighted by atomic mass is 9.96. The van der Waals surface area contributed by atoms with Gasteiger partial charge < -0.3 is 5.73 Å². The molecule has 1 rings (SSSR count). The molecule has 1 aromatic carbocycles. The van der Waals surface area contributed by atoms with E-state index in [0.717, 1.165) is 4.47 Å².